The lowest BCUT2D eigenvalue weighted by molar-refractivity contribution is -0.116. The topological polar surface area (TPSA) is 112 Å². The number of Topliss-reactive ketones (excluding diaryl/α,β-unsaturated/α-hetero) is 1. The number of fused-ring (bicyclic) bond motifs is 1. The maximum absolute atomic E-state index is 12.3. The van der Waals surface area contributed by atoms with Crippen LogP contribution in [0.25, 0.3) is 10.9 Å². The van der Waals surface area contributed by atoms with Crippen LogP contribution >= 0.6 is 0 Å². The SMILES string of the molecule is CC(=O)CNC(=O)c1c(O)c2ccc(C#N)cc2n(C)c1=O. The molecule has 0 radical (unpaired) electrons. The second kappa shape index (κ2) is 5.69. The van der Waals surface area contributed by atoms with Gasteiger partial charge in [0.15, 0.2) is 0 Å². The fraction of sp³-hybridized carbons (Fsp3) is 0.200. The zero-order valence-corrected chi connectivity index (χ0v) is 12.0. The Morgan fingerprint density at radius 3 is 2.68 bits per heavy atom. The van der Waals surface area contributed by atoms with E-state index < -0.39 is 22.8 Å². The molecular formula is C15H13N3O4. The van der Waals surface area contributed by atoms with Crippen molar-refractivity contribution in [2.45, 2.75) is 6.92 Å². The van der Waals surface area contributed by atoms with Crippen LogP contribution in [0.1, 0.15) is 22.8 Å². The van der Waals surface area contributed by atoms with Crippen molar-refractivity contribution in [3.05, 3.63) is 39.7 Å². The van der Waals surface area contributed by atoms with Gasteiger partial charge >= 0.3 is 0 Å². The van der Waals surface area contributed by atoms with Gasteiger partial charge in [0.25, 0.3) is 11.5 Å². The molecule has 112 valence electrons. The summed E-state index contributed by atoms with van der Waals surface area (Å²) in [5.41, 5.74) is -0.470. The third-order valence-corrected chi connectivity index (χ3v) is 3.22. The number of aryl methyl sites for hydroxylation is 1. The van der Waals surface area contributed by atoms with Crippen molar-refractivity contribution < 1.29 is 14.7 Å². The Kier molecular flexibility index (Phi) is 3.95. The number of aromatic hydroxyl groups is 1. The molecule has 1 heterocycles. The van der Waals surface area contributed by atoms with Gasteiger partial charge in [0, 0.05) is 12.4 Å². The van der Waals surface area contributed by atoms with E-state index in [0.717, 1.165) is 0 Å². The standard InChI is InChI=1S/C15H13N3O4/c1-8(19)7-17-14(21)12-13(20)10-4-3-9(6-16)5-11(10)18(2)15(12)22/h3-5,20H,7H2,1-2H3,(H,17,21). The number of nitrogens with zero attached hydrogens (tertiary/aromatic N) is 2. The van der Waals surface area contributed by atoms with E-state index in [1.807, 2.05) is 6.07 Å². The van der Waals surface area contributed by atoms with Crippen LogP contribution in [0, 0.1) is 11.3 Å². The highest BCUT2D eigenvalue weighted by Crippen LogP contribution is 2.26. The van der Waals surface area contributed by atoms with Crippen LogP contribution in [0.3, 0.4) is 0 Å². The molecule has 2 N–H and O–H groups in total. The molecule has 7 heteroatoms. The summed E-state index contributed by atoms with van der Waals surface area (Å²) in [6, 6.07) is 6.33. The van der Waals surface area contributed by atoms with E-state index in [-0.39, 0.29) is 17.7 Å². The molecule has 0 atom stereocenters. The Morgan fingerprint density at radius 1 is 1.41 bits per heavy atom. The Labute approximate surface area is 125 Å². The van der Waals surface area contributed by atoms with Crippen molar-refractivity contribution in [2.75, 3.05) is 6.54 Å². The maximum Gasteiger partial charge on any atom is 0.267 e. The van der Waals surface area contributed by atoms with Gasteiger partial charge in [-0.25, -0.2) is 0 Å². The average molecular weight is 299 g/mol. The van der Waals surface area contributed by atoms with Gasteiger partial charge in [-0.3, -0.25) is 14.4 Å². The van der Waals surface area contributed by atoms with Crippen LogP contribution in [-0.2, 0) is 11.8 Å². The summed E-state index contributed by atoms with van der Waals surface area (Å²) in [6.45, 7) is 1.06. The van der Waals surface area contributed by atoms with Crippen LogP contribution < -0.4 is 10.9 Å². The van der Waals surface area contributed by atoms with Crippen LogP contribution in [0.5, 0.6) is 5.75 Å². The Hall–Kier alpha value is -3.14. The lowest BCUT2D eigenvalue weighted by Gasteiger charge is -2.11. The molecule has 0 saturated carbocycles. The molecule has 22 heavy (non-hydrogen) atoms. The predicted molar refractivity (Wildman–Crippen MR) is 78.6 cm³/mol. The number of ketones is 1. The summed E-state index contributed by atoms with van der Waals surface area (Å²) in [4.78, 5) is 35.2. The number of carbonyl (C=O) groups excluding carboxylic acids is 2. The highest BCUT2D eigenvalue weighted by molar-refractivity contribution is 6.03. The van der Waals surface area contributed by atoms with Gasteiger partial charge in [0.2, 0.25) is 0 Å². The van der Waals surface area contributed by atoms with Gasteiger partial charge in [-0.1, -0.05) is 0 Å². The van der Waals surface area contributed by atoms with Crippen molar-refractivity contribution in [3.8, 4) is 11.8 Å². The molecule has 0 saturated heterocycles. The number of pyridine rings is 1. The molecule has 2 aromatic rings. The first-order chi connectivity index (χ1) is 10.4. The number of nitrogens with one attached hydrogen (secondary N) is 1. The van der Waals surface area contributed by atoms with E-state index >= 15 is 0 Å². The van der Waals surface area contributed by atoms with E-state index in [4.69, 9.17) is 5.26 Å². The quantitative estimate of drug-likeness (QED) is 0.853. The van der Waals surface area contributed by atoms with Crippen molar-refractivity contribution in [2.24, 2.45) is 7.05 Å². The fourth-order valence-electron chi connectivity index (χ4n) is 2.09. The molecule has 0 aliphatic carbocycles. The van der Waals surface area contributed by atoms with Crippen molar-refractivity contribution in [1.29, 1.82) is 5.26 Å². The van der Waals surface area contributed by atoms with Crippen LogP contribution in [-0.4, -0.2) is 27.9 Å². The number of rotatable bonds is 3. The summed E-state index contributed by atoms with van der Waals surface area (Å²) < 4.78 is 1.18. The molecule has 0 aliphatic heterocycles. The number of hydrogen-bond acceptors (Lipinski definition) is 5. The van der Waals surface area contributed by atoms with Gasteiger partial charge < -0.3 is 15.0 Å². The summed E-state index contributed by atoms with van der Waals surface area (Å²) in [5, 5.41) is 21.7. The minimum atomic E-state index is -0.820. The number of amides is 1. The van der Waals surface area contributed by atoms with Crippen molar-refractivity contribution in [3.63, 3.8) is 0 Å². The number of nitriles is 1. The molecule has 0 unspecified atom stereocenters. The predicted octanol–water partition coefficient (Wildman–Crippen LogP) is 0.435. The summed E-state index contributed by atoms with van der Waals surface area (Å²) in [6.07, 6.45) is 0. The number of carbonyl (C=O) groups is 2. The van der Waals surface area contributed by atoms with Crippen molar-refractivity contribution in [1.82, 2.24) is 9.88 Å². The Bertz CT molecular complexity index is 890. The molecule has 0 spiro atoms. The van der Waals surface area contributed by atoms with E-state index in [1.165, 1.54) is 36.7 Å². The maximum atomic E-state index is 12.3. The lowest BCUT2D eigenvalue weighted by atomic mass is 10.1. The molecule has 1 aromatic heterocycles. The normalized spacial score (nSPS) is 10.2. The highest BCUT2D eigenvalue weighted by Gasteiger charge is 2.21. The third kappa shape index (κ3) is 2.54. The largest absolute Gasteiger partial charge is 0.506 e. The Morgan fingerprint density at radius 2 is 2.09 bits per heavy atom. The van der Waals surface area contributed by atoms with Gasteiger partial charge in [-0.05, 0) is 25.1 Å². The average Bonchev–Trinajstić information content (AvgIpc) is 2.50. The van der Waals surface area contributed by atoms with Crippen LogP contribution in [0.15, 0.2) is 23.0 Å². The molecule has 0 bridgehead atoms. The number of benzene rings is 1. The van der Waals surface area contributed by atoms with E-state index in [9.17, 15) is 19.5 Å². The van der Waals surface area contributed by atoms with Gasteiger partial charge in [-0.15, -0.1) is 0 Å². The number of aromatic nitrogens is 1. The minimum absolute atomic E-state index is 0.229. The molecule has 0 fully saturated rings. The minimum Gasteiger partial charge on any atom is -0.506 e. The second-order valence-electron chi connectivity index (χ2n) is 4.82. The van der Waals surface area contributed by atoms with Gasteiger partial charge in [0.05, 0.1) is 23.7 Å². The highest BCUT2D eigenvalue weighted by atomic mass is 16.3. The smallest absolute Gasteiger partial charge is 0.267 e. The summed E-state index contributed by atoms with van der Waals surface area (Å²) in [5.74, 6) is -1.56. The van der Waals surface area contributed by atoms with E-state index in [1.54, 1.807) is 0 Å². The van der Waals surface area contributed by atoms with Crippen molar-refractivity contribution >= 4 is 22.6 Å². The monoisotopic (exact) mass is 299 g/mol. The third-order valence-electron chi connectivity index (χ3n) is 3.22. The van der Waals surface area contributed by atoms with E-state index in [0.29, 0.717) is 11.1 Å². The van der Waals surface area contributed by atoms with Gasteiger partial charge in [0.1, 0.15) is 17.1 Å². The number of hydrogen-bond donors (Lipinski definition) is 2. The molecule has 0 aliphatic rings. The zero-order valence-electron chi connectivity index (χ0n) is 12.0. The first kappa shape index (κ1) is 15.3. The molecule has 1 aromatic carbocycles. The van der Waals surface area contributed by atoms with Gasteiger partial charge in [-0.2, -0.15) is 5.26 Å². The fourth-order valence-corrected chi connectivity index (χ4v) is 2.09. The molecule has 2 rings (SSSR count). The zero-order chi connectivity index (χ0) is 16.4. The Balaban J connectivity index is 2.67. The molecule has 7 nitrogen and oxygen atoms in total. The second-order valence-corrected chi connectivity index (χ2v) is 4.82. The molecular weight excluding hydrogens is 286 g/mol. The van der Waals surface area contributed by atoms with Crippen LogP contribution in [0.4, 0.5) is 0 Å². The first-order valence-corrected chi connectivity index (χ1v) is 6.40. The van der Waals surface area contributed by atoms with Crippen LogP contribution in [0.2, 0.25) is 0 Å². The van der Waals surface area contributed by atoms with E-state index in [2.05, 4.69) is 5.32 Å². The summed E-state index contributed by atoms with van der Waals surface area (Å²) in [7, 11) is 1.44. The first-order valence-electron chi connectivity index (χ1n) is 6.40. The molecule has 1 amide bonds. The summed E-state index contributed by atoms with van der Waals surface area (Å²) >= 11 is 0. The lowest BCUT2D eigenvalue weighted by Crippen LogP contribution is -2.34.